The van der Waals surface area contributed by atoms with Crippen LogP contribution in [0.4, 0.5) is 0 Å². The molecule has 0 aliphatic carbocycles. The fourth-order valence-corrected chi connectivity index (χ4v) is 2.70. The molecule has 0 saturated heterocycles. The molecular formula is C18H20N2O3S. The van der Waals surface area contributed by atoms with Crippen molar-refractivity contribution in [2.24, 2.45) is 0 Å². The summed E-state index contributed by atoms with van der Waals surface area (Å²) in [7, 11) is 0. The average Bonchev–Trinajstić information content (AvgIpc) is 2.99. The molecule has 0 bridgehead atoms. The molecule has 0 aliphatic rings. The highest BCUT2D eigenvalue weighted by molar-refractivity contribution is 7.09. The smallest absolute Gasteiger partial charge is 0.328 e. The van der Waals surface area contributed by atoms with E-state index in [0.29, 0.717) is 6.42 Å². The first-order valence-electron chi connectivity index (χ1n) is 7.69. The first-order valence-corrected chi connectivity index (χ1v) is 8.57. The number of aryl methyl sites for hydroxylation is 1. The van der Waals surface area contributed by atoms with Crippen molar-refractivity contribution in [1.29, 1.82) is 0 Å². The van der Waals surface area contributed by atoms with Gasteiger partial charge in [-0.2, -0.15) is 0 Å². The van der Waals surface area contributed by atoms with Crippen molar-refractivity contribution < 1.29 is 14.3 Å². The van der Waals surface area contributed by atoms with Crippen LogP contribution in [0.3, 0.4) is 0 Å². The second-order valence-electron chi connectivity index (χ2n) is 5.13. The van der Waals surface area contributed by atoms with E-state index in [0.717, 1.165) is 16.3 Å². The first kappa shape index (κ1) is 17.9. The average molecular weight is 344 g/mol. The molecule has 126 valence electrons. The lowest BCUT2D eigenvalue weighted by molar-refractivity contribution is -0.146. The topological polar surface area (TPSA) is 68.3 Å². The summed E-state index contributed by atoms with van der Waals surface area (Å²) in [6.45, 7) is 3.91. The van der Waals surface area contributed by atoms with Crippen LogP contribution in [0.2, 0.25) is 0 Å². The maximum absolute atomic E-state index is 12.1. The van der Waals surface area contributed by atoms with Gasteiger partial charge >= 0.3 is 5.97 Å². The van der Waals surface area contributed by atoms with E-state index in [9.17, 15) is 9.59 Å². The normalized spacial score (nSPS) is 12.1. The molecule has 2 rings (SSSR count). The van der Waals surface area contributed by atoms with Gasteiger partial charge in [0, 0.05) is 17.9 Å². The van der Waals surface area contributed by atoms with Crippen molar-refractivity contribution in [3.63, 3.8) is 0 Å². The van der Waals surface area contributed by atoms with E-state index in [1.165, 1.54) is 17.4 Å². The van der Waals surface area contributed by atoms with Crippen molar-refractivity contribution in [2.75, 3.05) is 6.61 Å². The zero-order valence-electron chi connectivity index (χ0n) is 13.7. The quantitative estimate of drug-likeness (QED) is 0.619. The highest BCUT2D eigenvalue weighted by atomic mass is 32.1. The van der Waals surface area contributed by atoms with Crippen molar-refractivity contribution in [3.05, 3.63) is 58.1 Å². The maximum Gasteiger partial charge on any atom is 0.328 e. The number of benzene rings is 1. The van der Waals surface area contributed by atoms with Gasteiger partial charge in [0.05, 0.1) is 17.3 Å². The van der Waals surface area contributed by atoms with Gasteiger partial charge in [0.2, 0.25) is 5.91 Å². The van der Waals surface area contributed by atoms with Crippen LogP contribution in [0.15, 0.2) is 41.8 Å². The number of hydrogen-bond donors (Lipinski definition) is 1. The minimum atomic E-state index is -0.721. The number of thiazole rings is 1. The van der Waals surface area contributed by atoms with Crippen LogP contribution in [-0.4, -0.2) is 29.5 Å². The van der Waals surface area contributed by atoms with Crippen molar-refractivity contribution >= 4 is 29.3 Å². The summed E-state index contributed by atoms with van der Waals surface area (Å²) in [5.74, 6) is -0.790. The Kier molecular flexibility index (Phi) is 6.69. The van der Waals surface area contributed by atoms with Crippen LogP contribution < -0.4 is 5.32 Å². The third kappa shape index (κ3) is 5.62. The highest BCUT2D eigenvalue weighted by Crippen LogP contribution is 2.09. The second-order valence-corrected chi connectivity index (χ2v) is 6.19. The van der Waals surface area contributed by atoms with Crippen LogP contribution in [-0.2, 0) is 20.7 Å². The SMILES string of the molecule is CCOC(=O)C(Cc1ccccc1)NC(=O)/C=C/c1csc(C)n1. The molecule has 0 radical (unpaired) electrons. The molecule has 1 unspecified atom stereocenters. The van der Waals surface area contributed by atoms with Crippen molar-refractivity contribution in [1.82, 2.24) is 10.3 Å². The van der Waals surface area contributed by atoms with Crippen LogP contribution in [0.1, 0.15) is 23.2 Å². The molecule has 0 aliphatic heterocycles. The Morgan fingerprint density at radius 3 is 2.71 bits per heavy atom. The first-order chi connectivity index (χ1) is 11.6. The summed E-state index contributed by atoms with van der Waals surface area (Å²) in [6.07, 6.45) is 3.39. The van der Waals surface area contributed by atoms with Crippen LogP contribution in [0.25, 0.3) is 6.08 Å². The number of nitrogens with zero attached hydrogens (tertiary/aromatic N) is 1. The molecule has 1 heterocycles. The van der Waals surface area contributed by atoms with Gasteiger partial charge in [-0.1, -0.05) is 30.3 Å². The molecule has 1 aromatic heterocycles. The molecular weight excluding hydrogens is 324 g/mol. The van der Waals surface area contributed by atoms with Crippen LogP contribution >= 0.6 is 11.3 Å². The van der Waals surface area contributed by atoms with Gasteiger partial charge in [0.15, 0.2) is 0 Å². The van der Waals surface area contributed by atoms with E-state index >= 15 is 0 Å². The van der Waals surface area contributed by atoms with Crippen LogP contribution in [0.5, 0.6) is 0 Å². The lowest BCUT2D eigenvalue weighted by Crippen LogP contribution is -2.42. The number of carbonyl (C=O) groups is 2. The molecule has 1 atom stereocenters. The highest BCUT2D eigenvalue weighted by Gasteiger charge is 2.21. The zero-order valence-corrected chi connectivity index (χ0v) is 14.5. The zero-order chi connectivity index (χ0) is 17.4. The van der Waals surface area contributed by atoms with E-state index in [1.807, 2.05) is 42.6 Å². The Bertz CT molecular complexity index is 710. The minimum absolute atomic E-state index is 0.272. The number of aromatic nitrogens is 1. The lowest BCUT2D eigenvalue weighted by atomic mass is 10.1. The summed E-state index contributed by atoms with van der Waals surface area (Å²) < 4.78 is 5.05. The molecule has 0 saturated carbocycles. The van der Waals surface area contributed by atoms with Gasteiger partial charge < -0.3 is 10.1 Å². The number of esters is 1. The van der Waals surface area contributed by atoms with Crippen molar-refractivity contribution in [3.8, 4) is 0 Å². The van der Waals surface area contributed by atoms with Gasteiger partial charge in [-0.3, -0.25) is 4.79 Å². The van der Waals surface area contributed by atoms with E-state index in [2.05, 4.69) is 10.3 Å². The van der Waals surface area contributed by atoms with Gasteiger partial charge in [0.1, 0.15) is 6.04 Å². The standard InChI is InChI=1S/C18H20N2O3S/c1-3-23-18(22)16(11-14-7-5-4-6-8-14)20-17(21)10-9-15-12-24-13(2)19-15/h4-10,12,16H,3,11H2,1-2H3,(H,20,21)/b10-9+. The molecule has 2 aromatic rings. The molecule has 6 heteroatoms. The van der Waals surface area contributed by atoms with Gasteiger partial charge in [-0.05, 0) is 25.5 Å². The van der Waals surface area contributed by atoms with Crippen LogP contribution in [0, 0.1) is 6.92 Å². The van der Waals surface area contributed by atoms with E-state index in [4.69, 9.17) is 4.74 Å². The fourth-order valence-electron chi connectivity index (χ4n) is 2.12. The third-order valence-electron chi connectivity index (χ3n) is 3.21. The Morgan fingerprint density at radius 2 is 2.08 bits per heavy atom. The predicted molar refractivity (Wildman–Crippen MR) is 94.6 cm³/mol. The molecule has 0 spiro atoms. The summed E-state index contributed by atoms with van der Waals surface area (Å²) in [5, 5.41) is 5.50. The summed E-state index contributed by atoms with van der Waals surface area (Å²) in [5.41, 5.74) is 1.68. The number of carbonyl (C=O) groups excluding carboxylic acids is 2. The largest absolute Gasteiger partial charge is 0.464 e. The lowest BCUT2D eigenvalue weighted by Gasteiger charge is -2.16. The summed E-state index contributed by atoms with van der Waals surface area (Å²) in [4.78, 5) is 28.4. The number of hydrogen-bond acceptors (Lipinski definition) is 5. The predicted octanol–water partition coefficient (Wildman–Crippen LogP) is 2.76. The number of amides is 1. The summed E-state index contributed by atoms with van der Waals surface area (Å²) in [6, 6.07) is 8.79. The molecule has 24 heavy (non-hydrogen) atoms. The van der Waals surface area contributed by atoms with E-state index < -0.39 is 12.0 Å². The molecule has 1 aromatic carbocycles. The number of nitrogens with one attached hydrogen (secondary N) is 1. The molecule has 0 fully saturated rings. The Balaban J connectivity index is 2.02. The molecule has 1 N–H and O–H groups in total. The Morgan fingerprint density at radius 1 is 1.33 bits per heavy atom. The van der Waals surface area contributed by atoms with Crippen molar-refractivity contribution in [2.45, 2.75) is 26.3 Å². The monoisotopic (exact) mass is 344 g/mol. The molecule has 5 nitrogen and oxygen atoms in total. The second kappa shape index (κ2) is 8.98. The summed E-state index contributed by atoms with van der Waals surface area (Å²) >= 11 is 1.52. The number of rotatable bonds is 7. The maximum atomic E-state index is 12.1. The fraction of sp³-hybridized carbons (Fsp3) is 0.278. The molecule has 1 amide bonds. The minimum Gasteiger partial charge on any atom is -0.464 e. The number of ether oxygens (including phenoxy) is 1. The van der Waals surface area contributed by atoms with Gasteiger partial charge in [-0.25, -0.2) is 9.78 Å². The van der Waals surface area contributed by atoms with Gasteiger partial charge in [0.25, 0.3) is 0 Å². The third-order valence-corrected chi connectivity index (χ3v) is 4.00. The van der Waals surface area contributed by atoms with Gasteiger partial charge in [-0.15, -0.1) is 11.3 Å². The Labute approximate surface area is 145 Å². The Hall–Kier alpha value is -2.47. The van der Waals surface area contributed by atoms with E-state index in [-0.39, 0.29) is 12.5 Å². The van der Waals surface area contributed by atoms with E-state index in [1.54, 1.807) is 13.0 Å².